The first kappa shape index (κ1) is 29.9. The molecule has 3 aromatic rings. The van der Waals surface area contributed by atoms with Gasteiger partial charge in [0.25, 0.3) is 10.1 Å². The Morgan fingerprint density at radius 2 is 1.66 bits per heavy atom. The number of rotatable bonds is 13. The Bertz CT molecular complexity index is 1550. The molecule has 0 saturated carbocycles. The number of benzene rings is 3. The van der Waals surface area contributed by atoms with Gasteiger partial charge in [0.15, 0.2) is 22.2 Å². The lowest BCUT2D eigenvalue weighted by molar-refractivity contribution is -0.434. The van der Waals surface area contributed by atoms with Gasteiger partial charge >= 0.3 is 0 Å². The van der Waals surface area contributed by atoms with Gasteiger partial charge in [-0.25, -0.2) is 18.9 Å². The smallest absolute Gasteiger partial charge is 0.296 e. The van der Waals surface area contributed by atoms with Crippen LogP contribution in [-0.4, -0.2) is 49.4 Å². The van der Waals surface area contributed by atoms with Crippen molar-refractivity contribution in [2.75, 3.05) is 18.1 Å². The number of nitrogen functional groups attached to an aromatic ring is 1. The summed E-state index contributed by atoms with van der Waals surface area (Å²) in [5, 5.41) is 41.8. The van der Waals surface area contributed by atoms with E-state index in [2.05, 4.69) is 29.0 Å². The normalized spacial score (nSPS) is 12.5. The summed E-state index contributed by atoms with van der Waals surface area (Å²) in [6.45, 7) is -0.429. The molecule has 0 aliphatic heterocycles. The minimum absolute atomic E-state index is 0.00752. The van der Waals surface area contributed by atoms with Crippen LogP contribution in [0, 0.1) is 0 Å². The number of phenolic OH excluding ortho intramolecular Hbond substituents is 1. The van der Waals surface area contributed by atoms with Gasteiger partial charge in [0.1, 0.15) is 22.0 Å². The molecule has 0 spiro atoms. The summed E-state index contributed by atoms with van der Waals surface area (Å²) < 4.78 is 71.8. The fraction of sp³-hybridized carbons (Fsp3) is 0.111. The van der Waals surface area contributed by atoms with Crippen LogP contribution in [0.4, 0.5) is 17.1 Å². The van der Waals surface area contributed by atoms with Crippen LogP contribution in [0.3, 0.4) is 0 Å². The van der Waals surface area contributed by atoms with Crippen molar-refractivity contribution in [2.24, 2.45) is 10.2 Å². The third kappa shape index (κ3) is 7.49. The molecule has 0 unspecified atom stereocenters. The molecule has 0 aromatic heterocycles. The minimum Gasteiger partial charge on any atom is -0.507 e. The van der Waals surface area contributed by atoms with E-state index >= 15 is 0 Å². The zero-order valence-electron chi connectivity index (χ0n) is 18.5. The molecule has 3 rings (SSSR count). The molecule has 206 valence electrons. The van der Waals surface area contributed by atoms with E-state index < -0.39 is 47.8 Å². The Labute approximate surface area is 222 Å². The van der Waals surface area contributed by atoms with Gasteiger partial charge in [-0.15, -0.1) is 18.9 Å². The lowest BCUT2D eigenvalue weighted by Crippen LogP contribution is -2.12. The second kappa shape index (κ2) is 13.0. The van der Waals surface area contributed by atoms with Gasteiger partial charge in [0.05, 0.1) is 35.0 Å². The molecule has 0 fully saturated rings. The molecule has 38 heavy (non-hydrogen) atoms. The molecule has 3 aromatic carbocycles. The van der Waals surface area contributed by atoms with Crippen molar-refractivity contribution in [2.45, 2.75) is 14.7 Å². The van der Waals surface area contributed by atoms with Gasteiger partial charge in [0, 0.05) is 15.7 Å². The van der Waals surface area contributed by atoms with E-state index in [-0.39, 0.29) is 45.1 Å². The Kier molecular flexibility index (Phi) is 10.2. The Morgan fingerprint density at radius 3 is 2.34 bits per heavy atom. The number of nitrogens with zero attached hydrogens (tertiary/aromatic N) is 2. The van der Waals surface area contributed by atoms with E-state index in [0.717, 1.165) is 12.1 Å². The summed E-state index contributed by atoms with van der Waals surface area (Å²) in [6, 6.07) is 8.40. The molecule has 0 radical (unpaired) electrons. The summed E-state index contributed by atoms with van der Waals surface area (Å²) in [4.78, 5) is -1.07. The number of phenols is 1. The molecule has 0 aliphatic carbocycles. The standard InChI is InChI=1S/C18H17N3O13S4/c19-14-3-2-12-13(7-10(8-16(12)22)35-33-31-23)18(14)21-20-15-4-1-11(9-17(15)38(27,28)29)37(25,26)6-5-30-36-34-32-24/h1-4,7-9,22-24H,5-6,19H2,(H,27,28,29). The van der Waals surface area contributed by atoms with Crippen molar-refractivity contribution in [3.05, 3.63) is 42.5 Å². The number of aromatic hydroxyl groups is 1. The molecule has 0 atom stereocenters. The van der Waals surface area contributed by atoms with Crippen molar-refractivity contribution in [1.29, 1.82) is 0 Å². The number of nitrogens with two attached hydrogens (primary N) is 1. The highest BCUT2D eigenvalue weighted by Gasteiger charge is 2.22. The van der Waals surface area contributed by atoms with E-state index in [1.54, 1.807) is 0 Å². The summed E-state index contributed by atoms with van der Waals surface area (Å²) >= 11 is 0.708. The van der Waals surface area contributed by atoms with Crippen LogP contribution in [0.25, 0.3) is 10.8 Å². The van der Waals surface area contributed by atoms with Crippen molar-refractivity contribution >= 4 is 72.2 Å². The first-order valence-corrected chi connectivity index (χ1v) is 14.2. The molecule has 0 heterocycles. The number of fused-ring (bicyclic) bond motifs is 1. The van der Waals surface area contributed by atoms with Crippen LogP contribution < -0.4 is 5.73 Å². The van der Waals surface area contributed by atoms with E-state index in [1.165, 1.54) is 24.3 Å². The van der Waals surface area contributed by atoms with Gasteiger partial charge in [0.2, 0.25) is 0 Å². The largest absolute Gasteiger partial charge is 0.507 e. The maximum Gasteiger partial charge on any atom is 0.296 e. The first-order valence-electron chi connectivity index (χ1n) is 9.70. The average molecular weight is 612 g/mol. The molecular formula is C18H17N3O13S4. The first-order chi connectivity index (χ1) is 18.0. The van der Waals surface area contributed by atoms with Gasteiger partial charge < -0.3 is 10.8 Å². The van der Waals surface area contributed by atoms with Gasteiger partial charge in [-0.05, 0) is 42.5 Å². The highest BCUT2D eigenvalue weighted by Crippen LogP contribution is 2.40. The third-order valence-corrected chi connectivity index (χ3v) is 8.11. The summed E-state index contributed by atoms with van der Waals surface area (Å²) in [6.07, 6.45) is 0. The molecule has 0 amide bonds. The molecule has 6 N–H and O–H groups in total. The van der Waals surface area contributed by atoms with E-state index in [1.807, 2.05) is 0 Å². The van der Waals surface area contributed by atoms with Gasteiger partial charge in [-0.3, -0.25) is 8.74 Å². The zero-order valence-corrected chi connectivity index (χ0v) is 21.8. The Balaban J connectivity index is 2.01. The Morgan fingerprint density at radius 1 is 0.921 bits per heavy atom. The van der Waals surface area contributed by atoms with Crippen LogP contribution in [0.1, 0.15) is 0 Å². The predicted molar refractivity (Wildman–Crippen MR) is 132 cm³/mol. The summed E-state index contributed by atoms with van der Waals surface area (Å²) in [7, 11) is -9.08. The molecular weight excluding hydrogens is 594 g/mol. The third-order valence-electron chi connectivity index (χ3n) is 4.62. The number of hydrogen-bond acceptors (Lipinski definition) is 17. The van der Waals surface area contributed by atoms with Crippen molar-refractivity contribution in [1.82, 2.24) is 0 Å². The van der Waals surface area contributed by atoms with Crippen LogP contribution in [0.15, 0.2) is 67.4 Å². The highest BCUT2D eigenvalue weighted by molar-refractivity contribution is 7.94. The number of azo groups is 1. The lowest BCUT2D eigenvalue weighted by Gasteiger charge is -2.10. The van der Waals surface area contributed by atoms with Crippen molar-refractivity contribution < 1.29 is 59.9 Å². The summed E-state index contributed by atoms with van der Waals surface area (Å²) in [5.74, 6) is -0.837. The van der Waals surface area contributed by atoms with Gasteiger partial charge in [-0.2, -0.15) is 8.42 Å². The fourth-order valence-corrected chi connectivity index (χ4v) is 5.60. The van der Waals surface area contributed by atoms with E-state index in [9.17, 15) is 26.5 Å². The second-order valence-corrected chi connectivity index (χ2v) is 11.7. The van der Waals surface area contributed by atoms with E-state index in [4.69, 9.17) is 20.4 Å². The van der Waals surface area contributed by atoms with Gasteiger partial charge in [-0.1, -0.05) is 10.1 Å². The van der Waals surface area contributed by atoms with Crippen LogP contribution in [0.5, 0.6) is 5.75 Å². The van der Waals surface area contributed by atoms with Crippen LogP contribution >= 0.6 is 24.4 Å². The predicted octanol–water partition coefficient (Wildman–Crippen LogP) is 3.99. The molecule has 16 nitrogen and oxygen atoms in total. The molecule has 0 aliphatic rings. The lowest BCUT2D eigenvalue weighted by atomic mass is 10.1. The van der Waals surface area contributed by atoms with Crippen LogP contribution in [-0.2, 0) is 42.9 Å². The maximum absolute atomic E-state index is 12.5. The second-order valence-electron chi connectivity index (χ2n) is 6.92. The number of hydrogen-bond donors (Lipinski definition) is 5. The zero-order chi connectivity index (χ0) is 27.9. The topological polar surface area (TPSA) is 246 Å². The minimum atomic E-state index is -4.98. The van der Waals surface area contributed by atoms with Crippen LogP contribution in [0.2, 0.25) is 0 Å². The maximum atomic E-state index is 12.5. The molecule has 0 saturated heterocycles. The average Bonchev–Trinajstić information content (AvgIpc) is 2.86. The van der Waals surface area contributed by atoms with E-state index in [0.29, 0.717) is 18.1 Å². The molecule has 20 heteroatoms. The SMILES string of the molecule is Nc1ccc2c(O)cc(SOOO)cc2c1N=Nc1ccc(S(=O)(=O)CCOSOOO)cc1S(=O)(=O)O. The Hall–Kier alpha value is -2.60. The summed E-state index contributed by atoms with van der Waals surface area (Å²) in [5.41, 5.74) is 5.65. The van der Waals surface area contributed by atoms with Crippen molar-refractivity contribution in [3.63, 3.8) is 0 Å². The molecule has 0 bridgehead atoms. The fourth-order valence-electron chi connectivity index (χ4n) is 3.01. The highest BCUT2D eigenvalue weighted by atomic mass is 32.2. The monoisotopic (exact) mass is 611 g/mol. The number of anilines is 1. The quantitative estimate of drug-likeness (QED) is 0.0348. The van der Waals surface area contributed by atoms with Crippen molar-refractivity contribution in [3.8, 4) is 5.75 Å². The number of sulfone groups is 1.